The monoisotopic (exact) mass is 352 g/mol. The van der Waals surface area contributed by atoms with Crippen LogP contribution in [0.5, 0.6) is 0 Å². The topological polar surface area (TPSA) is 12.5 Å². The van der Waals surface area contributed by atoms with Gasteiger partial charge in [0, 0.05) is 5.56 Å². The normalized spacial score (nSPS) is 25.3. The van der Waals surface area contributed by atoms with Crippen molar-refractivity contribution in [3.05, 3.63) is 70.0 Å². The summed E-state index contributed by atoms with van der Waals surface area (Å²) in [5.41, 5.74) is 5.84. The Bertz CT molecular complexity index is 753. The van der Waals surface area contributed by atoms with Gasteiger partial charge < -0.3 is 4.74 Å². The Morgan fingerprint density at radius 2 is 1.69 bits per heavy atom. The molecule has 2 heteroatoms. The summed E-state index contributed by atoms with van der Waals surface area (Å²) in [6.45, 7) is 5.10. The average molecular weight is 352 g/mol. The molecule has 1 heterocycles. The fourth-order valence-corrected chi connectivity index (χ4v) is 4.32. The fraction of sp³-hybridized carbons (Fsp3) is 0.500. The number of aryl methyl sites for hydroxylation is 3. The average Bonchev–Trinajstić information content (AvgIpc) is 3.48. The minimum absolute atomic E-state index is 0.0157. The molecule has 1 saturated heterocycles. The molecule has 26 heavy (non-hydrogen) atoms. The molecule has 2 aliphatic rings. The molecule has 0 spiro atoms. The summed E-state index contributed by atoms with van der Waals surface area (Å²) in [6.07, 6.45) is 7.21. The molecule has 2 aromatic carbocycles. The van der Waals surface area contributed by atoms with E-state index in [1.807, 2.05) is 6.07 Å². The Balaban J connectivity index is 1.38. The summed E-state index contributed by atoms with van der Waals surface area (Å²) >= 11 is 0. The van der Waals surface area contributed by atoms with Gasteiger partial charge in [0.2, 0.25) is 0 Å². The first kappa shape index (κ1) is 17.7. The highest BCUT2D eigenvalue weighted by atomic mass is 19.1. The Morgan fingerprint density at radius 3 is 2.35 bits per heavy atom. The molecule has 0 aromatic heterocycles. The highest BCUT2D eigenvalue weighted by Crippen LogP contribution is 2.36. The van der Waals surface area contributed by atoms with Crippen LogP contribution in [0.2, 0.25) is 0 Å². The van der Waals surface area contributed by atoms with Crippen LogP contribution in [0, 0.1) is 18.7 Å². The zero-order valence-electron chi connectivity index (χ0n) is 15.9. The van der Waals surface area contributed by atoms with E-state index in [1.165, 1.54) is 42.4 Å². The van der Waals surface area contributed by atoms with Crippen molar-refractivity contribution >= 4 is 0 Å². The van der Waals surface area contributed by atoms with Crippen molar-refractivity contribution in [2.75, 3.05) is 6.61 Å². The smallest absolute Gasteiger partial charge is 0.129 e. The lowest BCUT2D eigenvalue weighted by Gasteiger charge is -2.26. The Labute approximate surface area is 156 Å². The molecule has 1 aliphatic carbocycles. The van der Waals surface area contributed by atoms with Gasteiger partial charge in [-0.25, -0.2) is 4.39 Å². The van der Waals surface area contributed by atoms with Crippen LogP contribution in [0.4, 0.5) is 4.39 Å². The molecule has 4 rings (SSSR count). The first-order valence-corrected chi connectivity index (χ1v) is 10.1. The summed E-state index contributed by atoms with van der Waals surface area (Å²) in [5, 5.41) is 0. The van der Waals surface area contributed by atoms with Gasteiger partial charge in [-0.3, -0.25) is 0 Å². The van der Waals surface area contributed by atoms with Gasteiger partial charge in [-0.05, 0) is 72.8 Å². The highest BCUT2D eigenvalue weighted by molar-refractivity contribution is 5.36. The maximum atomic E-state index is 14.3. The van der Waals surface area contributed by atoms with Crippen LogP contribution in [-0.2, 0) is 17.6 Å². The molecular weight excluding hydrogens is 323 g/mol. The molecule has 1 aliphatic heterocycles. The number of rotatable bonds is 5. The number of epoxide rings is 1. The molecule has 2 fully saturated rings. The van der Waals surface area contributed by atoms with Gasteiger partial charge in [0.25, 0.3) is 0 Å². The van der Waals surface area contributed by atoms with E-state index in [2.05, 4.69) is 38.1 Å². The molecule has 0 amide bonds. The quantitative estimate of drug-likeness (QED) is 0.577. The van der Waals surface area contributed by atoms with Crippen molar-refractivity contribution in [3.8, 4) is 0 Å². The van der Waals surface area contributed by atoms with Crippen LogP contribution in [0.1, 0.15) is 72.4 Å². The van der Waals surface area contributed by atoms with Crippen LogP contribution < -0.4 is 0 Å². The summed E-state index contributed by atoms with van der Waals surface area (Å²) in [5.74, 6) is 1.52. The second-order valence-electron chi connectivity index (χ2n) is 8.32. The zero-order chi connectivity index (χ0) is 18.1. The van der Waals surface area contributed by atoms with Gasteiger partial charge in [0.05, 0.1) is 6.61 Å². The van der Waals surface area contributed by atoms with E-state index in [1.54, 1.807) is 6.07 Å². The molecule has 1 atom stereocenters. The predicted octanol–water partition coefficient (Wildman–Crippen LogP) is 6.28. The number of benzene rings is 2. The molecule has 1 nitrogen and oxygen atoms in total. The van der Waals surface area contributed by atoms with Crippen LogP contribution in [0.3, 0.4) is 0 Å². The largest absolute Gasteiger partial charge is 0.368 e. The van der Waals surface area contributed by atoms with Gasteiger partial charge in [-0.2, -0.15) is 0 Å². The lowest BCUT2D eigenvalue weighted by molar-refractivity contribution is 0.348. The molecule has 0 N–H and O–H groups in total. The minimum Gasteiger partial charge on any atom is -0.368 e. The molecular formula is C24H29FO. The van der Waals surface area contributed by atoms with Crippen molar-refractivity contribution in [2.24, 2.45) is 5.92 Å². The van der Waals surface area contributed by atoms with E-state index in [-0.39, 0.29) is 11.9 Å². The Morgan fingerprint density at radius 1 is 1.00 bits per heavy atom. The maximum Gasteiger partial charge on any atom is 0.129 e. The second-order valence-corrected chi connectivity index (χ2v) is 8.32. The molecule has 2 aromatic rings. The van der Waals surface area contributed by atoms with E-state index in [0.717, 1.165) is 35.8 Å². The molecule has 1 saturated carbocycles. The van der Waals surface area contributed by atoms with E-state index in [0.29, 0.717) is 6.61 Å². The number of hydrogen-bond acceptors (Lipinski definition) is 1. The van der Waals surface area contributed by atoms with Crippen molar-refractivity contribution in [2.45, 2.75) is 64.4 Å². The first-order valence-electron chi connectivity index (χ1n) is 10.1. The summed E-state index contributed by atoms with van der Waals surface area (Å²) in [7, 11) is 0. The van der Waals surface area contributed by atoms with Gasteiger partial charge >= 0.3 is 0 Å². The third-order valence-electron chi connectivity index (χ3n) is 6.29. The third kappa shape index (κ3) is 4.01. The predicted molar refractivity (Wildman–Crippen MR) is 104 cm³/mol. The summed E-state index contributed by atoms with van der Waals surface area (Å²) < 4.78 is 19.5. The van der Waals surface area contributed by atoms with Crippen molar-refractivity contribution in [3.63, 3.8) is 0 Å². The molecule has 0 radical (unpaired) electrons. The zero-order valence-corrected chi connectivity index (χ0v) is 15.9. The van der Waals surface area contributed by atoms with Gasteiger partial charge in [0.1, 0.15) is 11.9 Å². The van der Waals surface area contributed by atoms with Crippen LogP contribution in [0.15, 0.2) is 36.4 Å². The number of ether oxygens (including phenoxy) is 1. The lowest BCUT2D eigenvalue weighted by atomic mass is 9.79. The van der Waals surface area contributed by atoms with E-state index in [4.69, 9.17) is 4.74 Å². The van der Waals surface area contributed by atoms with Crippen LogP contribution in [-0.4, -0.2) is 6.61 Å². The maximum absolute atomic E-state index is 14.3. The standard InChI is InChI=1S/C24H29FO/c1-16-3-8-19(9-4-16)20-10-5-18(6-11-20)7-12-21-14-23(25)22(13-17(21)2)24-15-26-24/h5-6,10-11,13-14,16,19,24H,3-4,7-9,12,15H2,1-2H3. The van der Waals surface area contributed by atoms with Crippen molar-refractivity contribution in [1.29, 1.82) is 0 Å². The van der Waals surface area contributed by atoms with Gasteiger partial charge in [0.15, 0.2) is 0 Å². The van der Waals surface area contributed by atoms with E-state index in [9.17, 15) is 4.39 Å². The lowest BCUT2D eigenvalue weighted by Crippen LogP contribution is -2.10. The summed E-state index contributed by atoms with van der Waals surface area (Å²) in [6, 6.07) is 12.9. The molecule has 138 valence electrons. The van der Waals surface area contributed by atoms with E-state index >= 15 is 0 Å². The van der Waals surface area contributed by atoms with Gasteiger partial charge in [-0.1, -0.05) is 50.1 Å². The number of hydrogen-bond donors (Lipinski definition) is 0. The first-order chi connectivity index (χ1) is 12.6. The van der Waals surface area contributed by atoms with Crippen molar-refractivity contribution < 1.29 is 9.13 Å². The van der Waals surface area contributed by atoms with Crippen LogP contribution in [0.25, 0.3) is 0 Å². The van der Waals surface area contributed by atoms with Crippen molar-refractivity contribution in [1.82, 2.24) is 0 Å². The Kier molecular flexibility index (Phi) is 5.13. The van der Waals surface area contributed by atoms with Crippen LogP contribution >= 0.6 is 0 Å². The summed E-state index contributed by atoms with van der Waals surface area (Å²) in [4.78, 5) is 0. The number of halogens is 1. The Hall–Kier alpha value is -1.67. The minimum atomic E-state index is -0.116. The molecule has 1 unspecified atom stereocenters. The molecule has 0 bridgehead atoms. The second kappa shape index (κ2) is 7.52. The fourth-order valence-electron chi connectivity index (χ4n) is 4.32. The van der Waals surface area contributed by atoms with Gasteiger partial charge in [-0.15, -0.1) is 0 Å². The third-order valence-corrected chi connectivity index (χ3v) is 6.29. The van der Waals surface area contributed by atoms with E-state index < -0.39 is 0 Å². The highest BCUT2D eigenvalue weighted by Gasteiger charge is 2.28. The SMILES string of the molecule is Cc1cc(C2CO2)c(F)cc1CCc1ccc(C2CCC(C)CC2)cc1.